The van der Waals surface area contributed by atoms with Crippen LogP contribution in [0.4, 0.5) is 4.39 Å². The van der Waals surface area contributed by atoms with E-state index >= 15 is 0 Å². The highest BCUT2D eigenvalue weighted by Gasteiger charge is 2.23. The van der Waals surface area contributed by atoms with Gasteiger partial charge < -0.3 is 19.3 Å². The van der Waals surface area contributed by atoms with Gasteiger partial charge in [0.1, 0.15) is 0 Å². The lowest BCUT2D eigenvalue weighted by Gasteiger charge is -2.13. The molecule has 9 heteroatoms. The number of carbonyl (C=O) groups is 2. The van der Waals surface area contributed by atoms with Crippen molar-refractivity contribution < 1.29 is 33.3 Å². The number of aliphatic carboxylic acids is 1. The highest BCUT2D eigenvalue weighted by atomic mass is 79.9. The molecule has 0 aliphatic carbocycles. The van der Waals surface area contributed by atoms with Gasteiger partial charge in [-0.05, 0) is 12.5 Å². The normalized spacial score (nSPS) is 12.1. The average Bonchev–Trinajstić information content (AvgIpc) is 3.06. The van der Waals surface area contributed by atoms with Crippen molar-refractivity contribution in [1.29, 1.82) is 0 Å². The number of thiophene rings is 1. The number of ketones is 1. The van der Waals surface area contributed by atoms with Crippen LogP contribution in [0.1, 0.15) is 29.4 Å². The summed E-state index contributed by atoms with van der Waals surface area (Å²) in [6.07, 6.45) is 0.535. The summed E-state index contributed by atoms with van der Waals surface area (Å²) in [7, 11) is 1.45. The molecule has 1 aromatic heterocycles. The molecule has 27 heavy (non-hydrogen) atoms. The van der Waals surface area contributed by atoms with Crippen LogP contribution in [0.2, 0.25) is 0 Å². The average molecular weight is 463 g/mol. The third kappa shape index (κ3) is 5.40. The number of carboxylic acid groups (broad SMARTS) is 1. The molecule has 1 aromatic carbocycles. The van der Waals surface area contributed by atoms with Gasteiger partial charge in [0.25, 0.3) is 0 Å². The van der Waals surface area contributed by atoms with E-state index in [-0.39, 0.29) is 35.9 Å². The maximum Gasteiger partial charge on any atom is 0.306 e. The summed E-state index contributed by atoms with van der Waals surface area (Å²) >= 11 is 4.38. The first-order valence-corrected chi connectivity index (χ1v) is 10.1. The quantitative estimate of drug-likeness (QED) is 0.229. The second kappa shape index (κ2) is 10.0. The molecule has 0 aliphatic heterocycles. The maximum absolute atomic E-state index is 15.0. The molecular formula is C18H20BrFO6S. The van der Waals surface area contributed by atoms with Gasteiger partial charge in [-0.3, -0.25) is 9.59 Å². The van der Waals surface area contributed by atoms with Crippen LogP contribution in [0.3, 0.4) is 0 Å². The molecular weight excluding hydrogens is 443 g/mol. The summed E-state index contributed by atoms with van der Waals surface area (Å²) in [4.78, 5) is 23.6. The molecule has 0 aliphatic rings. The van der Waals surface area contributed by atoms with Crippen LogP contribution in [-0.4, -0.2) is 42.7 Å². The minimum atomic E-state index is -1.05. The van der Waals surface area contributed by atoms with E-state index in [9.17, 15) is 14.0 Å². The van der Waals surface area contributed by atoms with Crippen LogP contribution in [0.25, 0.3) is 10.1 Å². The lowest BCUT2D eigenvalue weighted by atomic mass is 10.0. The first kappa shape index (κ1) is 21.6. The summed E-state index contributed by atoms with van der Waals surface area (Å²) < 4.78 is 31.3. The molecule has 0 radical (unpaired) electrons. The number of halogens is 2. The van der Waals surface area contributed by atoms with E-state index < -0.39 is 17.7 Å². The van der Waals surface area contributed by atoms with Gasteiger partial charge in [0.15, 0.2) is 29.9 Å². The van der Waals surface area contributed by atoms with E-state index in [0.29, 0.717) is 27.9 Å². The maximum atomic E-state index is 15.0. The van der Waals surface area contributed by atoms with Gasteiger partial charge in [-0.2, -0.15) is 0 Å². The monoisotopic (exact) mass is 462 g/mol. The Morgan fingerprint density at radius 2 is 2.07 bits per heavy atom. The number of benzene rings is 1. The molecule has 0 saturated heterocycles. The van der Waals surface area contributed by atoms with Gasteiger partial charge in [-0.25, -0.2) is 4.39 Å². The van der Waals surface area contributed by atoms with E-state index in [1.165, 1.54) is 20.1 Å². The lowest BCUT2D eigenvalue weighted by Crippen LogP contribution is -2.13. The fraction of sp³-hybridized carbons (Fsp3) is 0.444. The number of hydrogen-bond donors (Lipinski definition) is 1. The fourth-order valence-corrected chi connectivity index (χ4v) is 3.56. The van der Waals surface area contributed by atoms with E-state index in [2.05, 4.69) is 15.9 Å². The largest absolute Gasteiger partial charge is 0.487 e. The number of fused-ring (bicyclic) bond motifs is 1. The minimum Gasteiger partial charge on any atom is -0.487 e. The van der Waals surface area contributed by atoms with Crippen molar-refractivity contribution in [3.63, 3.8) is 0 Å². The van der Waals surface area contributed by atoms with Gasteiger partial charge in [0.2, 0.25) is 0 Å². The Morgan fingerprint density at radius 1 is 1.33 bits per heavy atom. The first-order valence-electron chi connectivity index (χ1n) is 8.21. The van der Waals surface area contributed by atoms with Crippen LogP contribution < -0.4 is 9.47 Å². The third-order valence-electron chi connectivity index (χ3n) is 3.73. The van der Waals surface area contributed by atoms with Crippen molar-refractivity contribution in [2.75, 3.05) is 25.8 Å². The molecule has 1 atom stereocenters. The number of alkyl halides is 1. The molecule has 0 amide bonds. The topological polar surface area (TPSA) is 82.1 Å². The molecule has 0 saturated carbocycles. The Balaban J connectivity index is 2.39. The number of Topliss-reactive ketones (excluding diaryl/α,β-unsaturated/α-hetero) is 1. The molecule has 0 fully saturated rings. The fourth-order valence-electron chi connectivity index (χ4n) is 2.30. The number of carboxylic acids is 1. The molecule has 1 heterocycles. The second-order valence-corrected chi connectivity index (χ2v) is 7.73. The molecule has 6 nitrogen and oxygen atoms in total. The highest BCUT2D eigenvalue weighted by Crippen LogP contribution is 2.40. The predicted octanol–water partition coefficient (Wildman–Crippen LogP) is 4.48. The number of methoxy groups -OCH3 is 1. The van der Waals surface area contributed by atoms with E-state index in [1.807, 2.05) is 0 Å². The standard InChI is InChI=1S/C18H20BrFO6S/c1-10(18(22)23)6-12(21)15-7-11-14(27-15)8-13(26-9-24-2)17(16(11)20)25-5-3-4-19/h7-8,10H,3-6,9H2,1-2H3,(H,22,23). The Hall–Kier alpha value is -1.71. The SMILES string of the molecule is COCOc1cc2sc(C(=O)CC(C)C(=O)O)cc2c(F)c1OCCCBr. The van der Waals surface area contributed by atoms with E-state index in [0.717, 1.165) is 11.3 Å². The molecule has 2 rings (SSSR count). The second-order valence-electron chi connectivity index (χ2n) is 5.85. The minimum absolute atomic E-state index is 0.0313. The van der Waals surface area contributed by atoms with Gasteiger partial charge in [-0.15, -0.1) is 11.3 Å². The number of rotatable bonds is 11. The van der Waals surface area contributed by atoms with Crippen molar-refractivity contribution in [3.8, 4) is 11.5 Å². The van der Waals surface area contributed by atoms with Crippen LogP contribution in [0.5, 0.6) is 11.5 Å². The van der Waals surface area contributed by atoms with E-state index in [4.69, 9.17) is 19.3 Å². The number of ether oxygens (including phenoxy) is 3. The van der Waals surface area contributed by atoms with E-state index in [1.54, 1.807) is 6.07 Å². The van der Waals surface area contributed by atoms with Crippen molar-refractivity contribution in [2.24, 2.45) is 5.92 Å². The molecule has 2 aromatic rings. The van der Waals surface area contributed by atoms with Gasteiger partial charge in [-0.1, -0.05) is 22.9 Å². The predicted molar refractivity (Wildman–Crippen MR) is 104 cm³/mol. The molecule has 0 bridgehead atoms. The molecule has 148 valence electrons. The third-order valence-corrected chi connectivity index (χ3v) is 5.41. The summed E-state index contributed by atoms with van der Waals surface area (Å²) in [6.45, 7) is 1.68. The Bertz CT molecular complexity index is 822. The van der Waals surface area contributed by atoms with Crippen molar-refractivity contribution in [3.05, 3.63) is 22.8 Å². The van der Waals surface area contributed by atoms with Crippen molar-refractivity contribution in [1.82, 2.24) is 0 Å². The molecule has 0 spiro atoms. The zero-order chi connectivity index (χ0) is 20.0. The summed E-state index contributed by atoms with van der Waals surface area (Å²) in [5.74, 6) is -2.65. The molecule has 1 unspecified atom stereocenters. The zero-order valence-electron chi connectivity index (χ0n) is 14.9. The zero-order valence-corrected chi connectivity index (χ0v) is 17.3. The Morgan fingerprint density at radius 3 is 2.70 bits per heavy atom. The van der Waals surface area contributed by atoms with Crippen LogP contribution >= 0.6 is 27.3 Å². The summed E-state index contributed by atoms with van der Waals surface area (Å²) in [6, 6.07) is 3.03. The lowest BCUT2D eigenvalue weighted by molar-refractivity contribution is -0.141. The first-order chi connectivity index (χ1) is 12.9. The van der Waals surface area contributed by atoms with Crippen molar-refractivity contribution >= 4 is 49.1 Å². The number of hydrogen-bond acceptors (Lipinski definition) is 6. The van der Waals surface area contributed by atoms with Crippen LogP contribution in [0.15, 0.2) is 12.1 Å². The van der Waals surface area contributed by atoms with Crippen LogP contribution in [0, 0.1) is 11.7 Å². The Labute approximate surface area is 168 Å². The highest BCUT2D eigenvalue weighted by molar-refractivity contribution is 9.09. The Kier molecular flexibility index (Phi) is 8.00. The summed E-state index contributed by atoms with van der Waals surface area (Å²) in [5, 5.41) is 9.92. The van der Waals surface area contributed by atoms with Crippen molar-refractivity contribution in [2.45, 2.75) is 19.8 Å². The van der Waals surface area contributed by atoms with Gasteiger partial charge in [0, 0.05) is 35.0 Å². The smallest absolute Gasteiger partial charge is 0.306 e. The van der Waals surface area contributed by atoms with Crippen LogP contribution in [-0.2, 0) is 9.53 Å². The van der Waals surface area contributed by atoms with Gasteiger partial charge >= 0.3 is 5.97 Å². The number of carbonyl (C=O) groups excluding carboxylic acids is 1. The summed E-state index contributed by atoms with van der Waals surface area (Å²) in [5.41, 5.74) is 0. The molecule has 1 N–H and O–H groups in total. The van der Waals surface area contributed by atoms with Gasteiger partial charge in [0.05, 0.1) is 17.4 Å².